The summed E-state index contributed by atoms with van der Waals surface area (Å²) in [5.41, 5.74) is -1.21. The lowest BCUT2D eigenvalue weighted by Gasteiger charge is -2.20. The molecule has 3 aromatic rings. The van der Waals surface area contributed by atoms with E-state index in [9.17, 15) is 41.4 Å². The molecule has 6 N–H and O–H groups in total. The van der Waals surface area contributed by atoms with Crippen molar-refractivity contribution >= 4 is 51.9 Å². The molecule has 17 heteroatoms. The van der Waals surface area contributed by atoms with Crippen molar-refractivity contribution in [3.05, 3.63) is 58.0 Å². The molecular formula is C24H21ClF5N7O4. The minimum absolute atomic E-state index is 0.0116. The van der Waals surface area contributed by atoms with Gasteiger partial charge in [-0.1, -0.05) is 11.6 Å². The van der Waals surface area contributed by atoms with Crippen molar-refractivity contribution in [2.45, 2.75) is 24.8 Å². The Hall–Kier alpha value is -4.47. The molecule has 0 radical (unpaired) electrons. The van der Waals surface area contributed by atoms with Gasteiger partial charge < -0.3 is 26.4 Å². The highest BCUT2D eigenvalue weighted by atomic mass is 35.5. The molecule has 1 unspecified atom stereocenters. The largest absolute Gasteiger partial charge is 0.481 e. The molecule has 2 amide bonds. The maximum absolute atomic E-state index is 14.3. The number of alkyl halides is 4. The van der Waals surface area contributed by atoms with Crippen LogP contribution in [0.4, 0.5) is 27.6 Å². The van der Waals surface area contributed by atoms with Gasteiger partial charge in [-0.05, 0) is 35.9 Å². The molecular weight excluding hydrogens is 581 g/mol. The van der Waals surface area contributed by atoms with Crippen LogP contribution in [0, 0.1) is 5.95 Å². The first-order valence-corrected chi connectivity index (χ1v) is 12.2. The quantitative estimate of drug-likeness (QED) is 0.216. The van der Waals surface area contributed by atoms with E-state index in [-0.39, 0.29) is 51.8 Å². The van der Waals surface area contributed by atoms with Gasteiger partial charge in [0.2, 0.25) is 11.9 Å². The SMILES string of the molecule is O=C(O)C[C@H](NC(=O)CNC(=O)c1cc(NC2=NCC(F)CN2)c2c(F)n[nH]c2c1)c1cc(Cl)cc(C(F)(F)F)c1. The van der Waals surface area contributed by atoms with Crippen LogP contribution in [0.1, 0.15) is 33.9 Å². The number of H-pyrrole nitrogens is 1. The summed E-state index contributed by atoms with van der Waals surface area (Å²) in [6.07, 6.45) is -6.74. The van der Waals surface area contributed by atoms with E-state index in [1.807, 2.05) is 0 Å². The van der Waals surface area contributed by atoms with Gasteiger partial charge >= 0.3 is 12.1 Å². The van der Waals surface area contributed by atoms with Gasteiger partial charge in [0.25, 0.3) is 5.91 Å². The van der Waals surface area contributed by atoms with Crippen molar-refractivity contribution in [1.29, 1.82) is 0 Å². The molecule has 2 atom stereocenters. The predicted molar refractivity (Wildman–Crippen MR) is 137 cm³/mol. The van der Waals surface area contributed by atoms with E-state index >= 15 is 0 Å². The number of aliphatic imine (C=N–C) groups is 1. The van der Waals surface area contributed by atoms with E-state index in [1.165, 1.54) is 12.1 Å². The number of halogens is 6. The molecule has 218 valence electrons. The third-order valence-corrected chi connectivity index (χ3v) is 6.06. The highest BCUT2D eigenvalue weighted by Crippen LogP contribution is 2.34. The first kappa shape index (κ1) is 29.5. The summed E-state index contributed by atoms with van der Waals surface area (Å²) in [5.74, 6) is -3.87. The number of carboxylic acid groups (broad SMARTS) is 1. The fourth-order valence-corrected chi connectivity index (χ4v) is 4.23. The van der Waals surface area contributed by atoms with E-state index < -0.39 is 60.7 Å². The minimum Gasteiger partial charge on any atom is -0.481 e. The normalized spacial score (nSPS) is 16.0. The first-order chi connectivity index (χ1) is 19.3. The van der Waals surface area contributed by atoms with Crippen LogP contribution in [-0.4, -0.2) is 64.9 Å². The van der Waals surface area contributed by atoms with Gasteiger partial charge in [0.15, 0.2) is 5.96 Å². The Kier molecular flexibility index (Phi) is 8.60. The van der Waals surface area contributed by atoms with Gasteiger partial charge in [0.1, 0.15) is 6.17 Å². The van der Waals surface area contributed by atoms with Gasteiger partial charge in [0, 0.05) is 10.6 Å². The van der Waals surface area contributed by atoms with Gasteiger partial charge in [-0.2, -0.15) is 17.6 Å². The van der Waals surface area contributed by atoms with Gasteiger partial charge in [0.05, 0.1) is 54.3 Å². The number of guanidine groups is 1. The van der Waals surface area contributed by atoms with E-state index in [1.54, 1.807) is 0 Å². The van der Waals surface area contributed by atoms with Crippen molar-refractivity contribution in [2.75, 3.05) is 25.0 Å². The predicted octanol–water partition coefficient (Wildman–Crippen LogP) is 3.15. The molecule has 41 heavy (non-hydrogen) atoms. The van der Waals surface area contributed by atoms with Crippen molar-refractivity contribution in [2.24, 2.45) is 4.99 Å². The zero-order valence-corrected chi connectivity index (χ0v) is 21.5. The Bertz CT molecular complexity index is 1530. The van der Waals surface area contributed by atoms with Gasteiger partial charge in [-0.15, -0.1) is 5.10 Å². The van der Waals surface area contributed by atoms with E-state index in [4.69, 9.17) is 11.6 Å². The summed E-state index contributed by atoms with van der Waals surface area (Å²) in [5, 5.41) is 24.8. The highest BCUT2D eigenvalue weighted by molar-refractivity contribution is 6.30. The molecule has 0 fully saturated rings. The number of carbonyl (C=O) groups excluding carboxylic acids is 2. The zero-order valence-electron chi connectivity index (χ0n) is 20.7. The second-order valence-corrected chi connectivity index (χ2v) is 9.36. The van der Waals surface area contributed by atoms with Crippen LogP contribution in [0.15, 0.2) is 35.3 Å². The Labute approximate surface area is 232 Å². The molecule has 1 aromatic heterocycles. The van der Waals surface area contributed by atoms with Crippen LogP contribution in [0.5, 0.6) is 0 Å². The fourth-order valence-electron chi connectivity index (χ4n) is 3.99. The lowest BCUT2D eigenvalue weighted by atomic mass is 10.0. The van der Waals surface area contributed by atoms with Crippen molar-refractivity contribution < 1.29 is 41.4 Å². The Morgan fingerprint density at radius 3 is 2.59 bits per heavy atom. The maximum Gasteiger partial charge on any atom is 0.416 e. The molecule has 0 bridgehead atoms. The summed E-state index contributed by atoms with van der Waals surface area (Å²) < 4.78 is 67.3. The van der Waals surface area contributed by atoms with Gasteiger partial charge in [-0.3, -0.25) is 19.5 Å². The van der Waals surface area contributed by atoms with Crippen LogP contribution < -0.4 is 21.3 Å². The molecule has 11 nitrogen and oxygen atoms in total. The minimum atomic E-state index is -4.77. The average Bonchev–Trinajstić information content (AvgIpc) is 3.28. The summed E-state index contributed by atoms with van der Waals surface area (Å²) >= 11 is 5.79. The molecule has 1 aliphatic heterocycles. The molecule has 0 saturated heterocycles. The summed E-state index contributed by atoms with van der Waals surface area (Å²) in [7, 11) is 0. The van der Waals surface area contributed by atoms with Crippen molar-refractivity contribution in [1.82, 2.24) is 26.1 Å². The molecule has 0 aliphatic carbocycles. The summed E-state index contributed by atoms with van der Waals surface area (Å²) in [6, 6.07) is 3.53. The fraction of sp³-hybridized carbons (Fsp3) is 0.292. The molecule has 2 heterocycles. The monoisotopic (exact) mass is 601 g/mol. The highest BCUT2D eigenvalue weighted by Gasteiger charge is 2.32. The average molecular weight is 602 g/mol. The number of nitrogens with one attached hydrogen (secondary N) is 5. The van der Waals surface area contributed by atoms with Crippen LogP contribution >= 0.6 is 11.6 Å². The molecule has 4 rings (SSSR count). The van der Waals surface area contributed by atoms with E-state index in [0.29, 0.717) is 12.1 Å². The molecule has 0 spiro atoms. The number of nitrogens with zero attached hydrogens (tertiary/aromatic N) is 2. The number of carboxylic acids is 1. The maximum atomic E-state index is 14.3. The molecule has 2 aromatic carbocycles. The first-order valence-electron chi connectivity index (χ1n) is 11.8. The van der Waals surface area contributed by atoms with Crippen molar-refractivity contribution in [3.8, 4) is 0 Å². The summed E-state index contributed by atoms with van der Waals surface area (Å²) in [6.45, 7) is -0.850. The van der Waals surface area contributed by atoms with Crippen LogP contribution in [0.25, 0.3) is 10.9 Å². The van der Waals surface area contributed by atoms with E-state index in [2.05, 4.69) is 36.5 Å². The smallest absolute Gasteiger partial charge is 0.416 e. The van der Waals surface area contributed by atoms with Crippen LogP contribution in [-0.2, 0) is 15.8 Å². The lowest BCUT2D eigenvalue weighted by molar-refractivity contribution is -0.138. The van der Waals surface area contributed by atoms with Crippen LogP contribution in [0.3, 0.4) is 0 Å². The Morgan fingerprint density at radius 1 is 1.17 bits per heavy atom. The molecule has 0 saturated carbocycles. The second-order valence-electron chi connectivity index (χ2n) is 8.92. The Morgan fingerprint density at radius 2 is 1.93 bits per heavy atom. The zero-order chi connectivity index (χ0) is 29.9. The topological polar surface area (TPSA) is 161 Å². The number of carbonyl (C=O) groups is 3. The third kappa shape index (κ3) is 7.39. The number of aliphatic carboxylic acids is 1. The standard InChI is InChI=1S/C24H21ClF5N7O4/c25-13-2-10(1-12(5-13)24(28,29)30)15(6-19(39)40)34-18(38)9-31-22(41)11-3-16(20-17(4-11)36-37-21(20)27)35-23-32-7-14(26)8-33-23/h1-5,14-15H,6-9H2,(H,31,41)(H,34,38)(H,36,37)(H,39,40)(H2,32,33,35)/t15-/m0/s1. The number of aromatic nitrogens is 2. The summed E-state index contributed by atoms with van der Waals surface area (Å²) in [4.78, 5) is 40.7. The number of rotatable bonds is 8. The van der Waals surface area contributed by atoms with Gasteiger partial charge in [-0.25, -0.2) is 9.38 Å². The number of hydrogen-bond acceptors (Lipinski definition) is 7. The van der Waals surface area contributed by atoms with Crippen molar-refractivity contribution in [3.63, 3.8) is 0 Å². The third-order valence-electron chi connectivity index (χ3n) is 5.85. The van der Waals surface area contributed by atoms with E-state index in [0.717, 1.165) is 6.07 Å². The number of amides is 2. The number of fused-ring (bicyclic) bond motifs is 1. The molecule has 1 aliphatic rings. The lowest BCUT2D eigenvalue weighted by Crippen LogP contribution is -2.41. The Balaban J connectivity index is 1.49. The number of hydrogen-bond donors (Lipinski definition) is 6. The second kappa shape index (κ2) is 12.0. The number of benzene rings is 2. The van der Waals surface area contributed by atoms with Crippen LogP contribution in [0.2, 0.25) is 5.02 Å². The number of anilines is 1. The number of aromatic amines is 1.